The van der Waals surface area contributed by atoms with E-state index in [4.69, 9.17) is 5.11 Å². The van der Waals surface area contributed by atoms with Crippen molar-refractivity contribution in [2.45, 2.75) is 33.1 Å². The van der Waals surface area contributed by atoms with Crippen LogP contribution in [0.25, 0.3) is 34.5 Å². The number of rotatable bonds is 4. The van der Waals surface area contributed by atoms with Gasteiger partial charge in [0.05, 0.1) is 5.76 Å². The van der Waals surface area contributed by atoms with Crippen LogP contribution in [0.4, 0.5) is 0 Å². The molecule has 0 saturated carbocycles. The quantitative estimate of drug-likeness (QED) is 0.193. The van der Waals surface area contributed by atoms with E-state index in [1.165, 1.54) is 42.2 Å². The van der Waals surface area contributed by atoms with Gasteiger partial charge in [0.25, 0.3) is 0 Å². The van der Waals surface area contributed by atoms with E-state index < -0.39 is 0 Å². The molecule has 3 nitrogen and oxygen atoms in total. The third kappa shape index (κ3) is 5.30. The summed E-state index contributed by atoms with van der Waals surface area (Å²) in [5.74, 6) is -0.0625. The van der Waals surface area contributed by atoms with Gasteiger partial charge in [-0.1, -0.05) is 74.5 Å². The van der Waals surface area contributed by atoms with E-state index in [9.17, 15) is 4.79 Å². The molecule has 171 valence electrons. The molecule has 0 spiro atoms. The number of aromatic nitrogens is 1. The number of nitrogens with zero attached hydrogens (tertiary/aromatic N) is 1. The fraction of sp³-hybridized carbons (Fsp3) is 0.172. The van der Waals surface area contributed by atoms with Crippen LogP contribution in [0, 0.1) is 6.07 Å². The molecule has 0 amide bonds. The zero-order valence-electron chi connectivity index (χ0n) is 19.4. The van der Waals surface area contributed by atoms with Crippen molar-refractivity contribution in [2.75, 3.05) is 0 Å². The summed E-state index contributed by atoms with van der Waals surface area (Å²) in [7, 11) is 0. The molecule has 1 radical (unpaired) electrons. The SMILES string of the molecule is C=Cc1ccnc(-c2[c-]cc3c(c2)C(C)(C)c2ccccc2-3)c1C=C.CC(=O)/C=C(/C)O.[Ir]. The second-order valence-electron chi connectivity index (χ2n) is 8.31. The van der Waals surface area contributed by atoms with Crippen molar-refractivity contribution in [3.63, 3.8) is 0 Å². The van der Waals surface area contributed by atoms with Crippen LogP contribution in [0.5, 0.6) is 0 Å². The number of allylic oxidation sites excluding steroid dienone is 2. The van der Waals surface area contributed by atoms with Crippen LogP contribution in [0.3, 0.4) is 0 Å². The third-order valence-electron chi connectivity index (χ3n) is 5.63. The maximum Gasteiger partial charge on any atom is 0.155 e. The first kappa shape index (κ1) is 26.2. The number of benzene rings is 2. The Kier molecular flexibility index (Phi) is 8.49. The molecule has 1 aromatic heterocycles. The summed E-state index contributed by atoms with van der Waals surface area (Å²) in [6.45, 7) is 15.3. The molecule has 0 atom stereocenters. The van der Waals surface area contributed by atoms with Crippen LogP contribution >= 0.6 is 0 Å². The first-order chi connectivity index (χ1) is 15.2. The van der Waals surface area contributed by atoms with Gasteiger partial charge in [-0.05, 0) is 47.7 Å². The summed E-state index contributed by atoms with van der Waals surface area (Å²) >= 11 is 0. The van der Waals surface area contributed by atoms with Crippen LogP contribution in [0.2, 0.25) is 0 Å². The van der Waals surface area contributed by atoms with Crippen molar-refractivity contribution in [1.29, 1.82) is 0 Å². The summed E-state index contributed by atoms with van der Waals surface area (Å²) in [5, 5.41) is 8.36. The molecule has 1 aliphatic rings. The van der Waals surface area contributed by atoms with E-state index >= 15 is 0 Å². The van der Waals surface area contributed by atoms with Crippen LogP contribution in [0.1, 0.15) is 49.9 Å². The predicted octanol–water partition coefficient (Wildman–Crippen LogP) is 7.18. The molecule has 0 bridgehead atoms. The van der Waals surface area contributed by atoms with Crippen molar-refractivity contribution >= 4 is 17.9 Å². The van der Waals surface area contributed by atoms with Crippen molar-refractivity contribution in [1.82, 2.24) is 4.98 Å². The van der Waals surface area contributed by atoms with Crippen LogP contribution in [0.15, 0.2) is 73.7 Å². The zero-order chi connectivity index (χ0) is 23.5. The average Bonchev–Trinajstić information content (AvgIpc) is 2.99. The molecule has 1 aliphatic carbocycles. The van der Waals surface area contributed by atoms with E-state index in [1.54, 1.807) is 0 Å². The molecule has 1 N–H and O–H groups in total. The van der Waals surface area contributed by atoms with Gasteiger partial charge in [0, 0.05) is 32.4 Å². The number of carbonyl (C=O) groups excluding carboxylic acids is 1. The number of hydrogen-bond acceptors (Lipinski definition) is 3. The summed E-state index contributed by atoms with van der Waals surface area (Å²) in [5.41, 5.74) is 9.18. The number of fused-ring (bicyclic) bond motifs is 3. The average molecular weight is 615 g/mol. The number of aliphatic hydroxyl groups excluding tert-OH is 1. The molecular formula is C29H28IrNO2-. The smallest absolute Gasteiger partial charge is 0.155 e. The van der Waals surface area contributed by atoms with Gasteiger partial charge in [0.1, 0.15) is 0 Å². The minimum Gasteiger partial charge on any atom is -0.512 e. The van der Waals surface area contributed by atoms with Gasteiger partial charge in [-0.15, -0.1) is 29.3 Å². The summed E-state index contributed by atoms with van der Waals surface area (Å²) in [6, 6.07) is 18.4. The molecule has 2 aromatic carbocycles. The van der Waals surface area contributed by atoms with Crippen LogP contribution in [-0.2, 0) is 30.3 Å². The normalized spacial score (nSPS) is 12.9. The van der Waals surface area contributed by atoms with Gasteiger partial charge >= 0.3 is 0 Å². The molecule has 0 unspecified atom stereocenters. The van der Waals surface area contributed by atoms with Crippen molar-refractivity contribution in [3.05, 3.63) is 102 Å². The summed E-state index contributed by atoms with van der Waals surface area (Å²) in [4.78, 5) is 14.6. The largest absolute Gasteiger partial charge is 0.512 e. The minimum atomic E-state index is -0.125. The van der Waals surface area contributed by atoms with E-state index in [2.05, 4.69) is 74.5 Å². The Bertz CT molecular complexity index is 1230. The van der Waals surface area contributed by atoms with Gasteiger partial charge in [-0.25, -0.2) is 0 Å². The maximum atomic E-state index is 10.0. The monoisotopic (exact) mass is 615 g/mol. The van der Waals surface area contributed by atoms with E-state index in [-0.39, 0.29) is 37.1 Å². The summed E-state index contributed by atoms with van der Waals surface area (Å²) in [6.07, 6.45) is 6.68. The molecule has 4 rings (SSSR count). The number of ketones is 1. The Morgan fingerprint density at radius 2 is 1.76 bits per heavy atom. The van der Waals surface area contributed by atoms with Crippen LogP contribution < -0.4 is 0 Å². The first-order valence-corrected chi connectivity index (χ1v) is 10.5. The second kappa shape index (κ2) is 10.7. The second-order valence-corrected chi connectivity index (χ2v) is 8.31. The van der Waals surface area contributed by atoms with Gasteiger partial charge < -0.3 is 10.1 Å². The predicted molar refractivity (Wildman–Crippen MR) is 133 cm³/mol. The van der Waals surface area contributed by atoms with Gasteiger partial charge in [-0.3, -0.25) is 4.79 Å². The molecule has 4 heteroatoms. The zero-order valence-corrected chi connectivity index (χ0v) is 21.8. The van der Waals surface area contributed by atoms with Crippen molar-refractivity contribution < 1.29 is 30.0 Å². The van der Waals surface area contributed by atoms with Gasteiger partial charge in [-0.2, -0.15) is 0 Å². The number of hydrogen-bond donors (Lipinski definition) is 1. The Hall–Kier alpha value is -3.07. The molecule has 0 aliphatic heterocycles. The molecule has 0 saturated heterocycles. The molecular weight excluding hydrogens is 587 g/mol. The first-order valence-electron chi connectivity index (χ1n) is 10.5. The number of aliphatic hydroxyl groups is 1. The Labute approximate surface area is 210 Å². The minimum absolute atomic E-state index is 0. The molecule has 33 heavy (non-hydrogen) atoms. The molecule has 1 heterocycles. The van der Waals surface area contributed by atoms with E-state index in [0.29, 0.717) is 0 Å². The van der Waals surface area contributed by atoms with Gasteiger partial charge in [0.15, 0.2) is 5.78 Å². The molecule has 3 aromatic rings. The van der Waals surface area contributed by atoms with Crippen LogP contribution in [-0.4, -0.2) is 15.9 Å². The van der Waals surface area contributed by atoms with Gasteiger partial charge in [0.2, 0.25) is 0 Å². The molecule has 0 fully saturated rings. The Morgan fingerprint density at radius 3 is 2.33 bits per heavy atom. The Balaban J connectivity index is 0.000000423. The Morgan fingerprint density at radius 1 is 1.06 bits per heavy atom. The van der Waals surface area contributed by atoms with E-state index in [1.807, 2.05) is 24.4 Å². The summed E-state index contributed by atoms with van der Waals surface area (Å²) < 4.78 is 0. The number of pyridine rings is 1. The van der Waals surface area contributed by atoms with E-state index in [0.717, 1.165) is 22.4 Å². The fourth-order valence-corrected chi connectivity index (χ4v) is 4.17. The third-order valence-corrected chi connectivity index (χ3v) is 5.63. The maximum absolute atomic E-state index is 10.0. The number of carbonyl (C=O) groups is 1. The topological polar surface area (TPSA) is 50.2 Å². The van der Waals surface area contributed by atoms with Crippen molar-refractivity contribution in [3.8, 4) is 22.4 Å². The van der Waals surface area contributed by atoms with Crippen molar-refractivity contribution in [2.24, 2.45) is 0 Å². The fourth-order valence-electron chi connectivity index (χ4n) is 4.17. The standard InChI is InChI=1S/C24H20N.C5H8O2.Ir/c1-5-16-13-14-25-23(18(16)6-2)17-11-12-20-19-9-7-8-10-21(19)24(3,4)22(20)15-17;1-4(6)3-5(2)7;/h5-10,12-15H,1-2H2,3-4H3;3,6H,1-2H3;/q-1;;/b;4-3-;.